The van der Waals surface area contributed by atoms with Gasteiger partial charge in [0.05, 0.1) is 0 Å². The summed E-state index contributed by atoms with van der Waals surface area (Å²) in [6.07, 6.45) is 7.81. The molecule has 20 heavy (non-hydrogen) atoms. The fraction of sp³-hybridized carbons (Fsp3) is 0.562. The molecule has 0 bridgehead atoms. The lowest BCUT2D eigenvalue weighted by molar-refractivity contribution is 0.0952. The molecule has 0 saturated heterocycles. The molecule has 0 atom stereocenters. The predicted octanol–water partition coefficient (Wildman–Crippen LogP) is 4.04. The van der Waals surface area contributed by atoms with Gasteiger partial charge in [0.15, 0.2) is 0 Å². The summed E-state index contributed by atoms with van der Waals surface area (Å²) >= 11 is 3.38. The minimum absolute atomic E-state index is 0.0260. The van der Waals surface area contributed by atoms with Crippen molar-refractivity contribution >= 4 is 27.5 Å². The van der Waals surface area contributed by atoms with Crippen LogP contribution in [0.15, 0.2) is 16.6 Å². The molecule has 110 valence electrons. The van der Waals surface area contributed by atoms with Gasteiger partial charge in [-0.05, 0) is 43.4 Å². The number of amides is 1. The first-order valence-corrected chi connectivity index (χ1v) is 8.21. The second-order valence-corrected chi connectivity index (χ2v) is 6.63. The fourth-order valence-corrected chi connectivity index (χ4v) is 3.40. The highest BCUT2D eigenvalue weighted by Gasteiger charge is 2.15. The average molecular weight is 339 g/mol. The lowest BCUT2D eigenvalue weighted by Crippen LogP contribution is -2.25. The van der Waals surface area contributed by atoms with Gasteiger partial charge in [-0.25, -0.2) is 0 Å². The van der Waals surface area contributed by atoms with Crippen LogP contribution < -0.4 is 11.1 Å². The highest BCUT2D eigenvalue weighted by Crippen LogP contribution is 2.28. The van der Waals surface area contributed by atoms with Crippen LogP contribution >= 0.6 is 15.9 Å². The van der Waals surface area contributed by atoms with Crippen LogP contribution in [0.5, 0.6) is 0 Å². The van der Waals surface area contributed by atoms with Gasteiger partial charge >= 0.3 is 0 Å². The van der Waals surface area contributed by atoms with Crippen molar-refractivity contribution in [3.05, 3.63) is 27.7 Å². The number of nitrogen functional groups attached to an aromatic ring is 1. The number of nitrogens with two attached hydrogens (primary N) is 1. The summed E-state index contributed by atoms with van der Waals surface area (Å²) in [7, 11) is 0. The van der Waals surface area contributed by atoms with Gasteiger partial charge < -0.3 is 11.1 Å². The maximum absolute atomic E-state index is 12.2. The van der Waals surface area contributed by atoms with Crippen LogP contribution in [0.1, 0.15) is 54.4 Å². The SMILES string of the molecule is Cc1c(N)cc(Br)cc1C(=O)NCCCC1CCCC1. The Kier molecular flexibility index (Phi) is 5.46. The molecule has 0 spiro atoms. The standard InChI is InChI=1S/C16H23BrN2O/c1-11-14(9-13(17)10-15(11)18)16(20)19-8-4-7-12-5-2-3-6-12/h9-10,12H,2-8,18H2,1H3,(H,19,20). The average Bonchev–Trinajstić information content (AvgIpc) is 2.91. The van der Waals surface area contributed by atoms with Gasteiger partial charge in [-0.3, -0.25) is 4.79 Å². The summed E-state index contributed by atoms with van der Waals surface area (Å²) in [5.41, 5.74) is 8.05. The summed E-state index contributed by atoms with van der Waals surface area (Å²) in [4.78, 5) is 12.2. The van der Waals surface area contributed by atoms with Gasteiger partial charge in [-0.15, -0.1) is 0 Å². The first-order valence-electron chi connectivity index (χ1n) is 7.41. The first-order chi connectivity index (χ1) is 9.58. The van der Waals surface area contributed by atoms with Crippen LogP contribution in [0, 0.1) is 12.8 Å². The van der Waals surface area contributed by atoms with Gasteiger partial charge in [-0.2, -0.15) is 0 Å². The van der Waals surface area contributed by atoms with Crippen molar-refractivity contribution in [3.63, 3.8) is 0 Å². The van der Waals surface area contributed by atoms with E-state index in [9.17, 15) is 4.79 Å². The van der Waals surface area contributed by atoms with Crippen molar-refractivity contribution in [1.82, 2.24) is 5.32 Å². The van der Waals surface area contributed by atoms with E-state index in [4.69, 9.17) is 5.73 Å². The molecule has 0 aromatic heterocycles. The molecule has 4 heteroatoms. The van der Waals surface area contributed by atoms with Crippen LogP contribution in [0.3, 0.4) is 0 Å². The first kappa shape index (κ1) is 15.4. The van der Waals surface area contributed by atoms with Crippen molar-refractivity contribution in [3.8, 4) is 0 Å². The van der Waals surface area contributed by atoms with E-state index in [2.05, 4.69) is 21.2 Å². The van der Waals surface area contributed by atoms with E-state index < -0.39 is 0 Å². The van der Waals surface area contributed by atoms with E-state index in [1.807, 2.05) is 19.1 Å². The Bertz CT molecular complexity index is 482. The number of benzene rings is 1. The third kappa shape index (κ3) is 3.98. The summed E-state index contributed by atoms with van der Waals surface area (Å²) in [6.45, 7) is 2.64. The molecule has 1 aromatic carbocycles. The molecule has 1 amide bonds. The number of rotatable bonds is 5. The molecule has 1 aliphatic carbocycles. The number of anilines is 1. The number of hydrogen-bond donors (Lipinski definition) is 2. The molecule has 1 aromatic rings. The summed E-state index contributed by atoms with van der Waals surface area (Å²) in [5.74, 6) is 0.858. The fourth-order valence-electron chi connectivity index (χ4n) is 2.92. The number of nitrogens with one attached hydrogen (secondary N) is 1. The van der Waals surface area contributed by atoms with E-state index in [0.717, 1.165) is 28.9 Å². The van der Waals surface area contributed by atoms with E-state index in [1.54, 1.807) is 0 Å². The maximum Gasteiger partial charge on any atom is 0.251 e. The van der Waals surface area contributed by atoms with Crippen molar-refractivity contribution in [2.75, 3.05) is 12.3 Å². The molecule has 1 saturated carbocycles. The summed E-state index contributed by atoms with van der Waals surface area (Å²) in [6, 6.07) is 3.66. The van der Waals surface area contributed by atoms with Gasteiger partial charge in [0, 0.05) is 22.3 Å². The Morgan fingerprint density at radius 2 is 2.10 bits per heavy atom. The van der Waals surface area contributed by atoms with Gasteiger partial charge in [-0.1, -0.05) is 41.6 Å². The molecule has 1 aliphatic rings. The third-order valence-electron chi connectivity index (χ3n) is 4.21. The number of carbonyl (C=O) groups is 1. The second kappa shape index (κ2) is 7.11. The molecule has 1 fully saturated rings. The van der Waals surface area contributed by atoms with Crippen molar-refractivity contribution in [2.45, 2.75) is 45.4 Å². The van der Waals surface area contributed by atoms with Crippen molar-refractivity contribution in [1.29, 1.82) is 0 Å². The summed E-state index contributed by atoms with van der Waals surface area (Å²) in [5, 5.41) is 3.00. The van der Waals surface area contributed by atoms with Crippen LogP contribution in [-0.2, 0) is 0 Å². The highest BCUT2D eigenvalue weighted by molar-refractivity contribution is 9.10. The Morgan fingerprint density at radius 1 is 1.40 bits per heavy atom. The lowest BCUT2D eigenvalue weighted by Gasteiger charge is -2.12. The molecular weight excluding hydrogens is 316 g/mol. The number of halogens is 1. The Balaban J connectivity index is 1.82. The molecule has 2 rings (SSSR count). The van der Waals surface area contributed by atoms with Gasteiger partial charge in [0.2, 0.25) is 0 Å². The van der Waals surface area contributed by atoms with E-state index in [0.29, 0.717) is 11.3 Å². The largest absolute Gasteiger partial charge is 0.398 e. The summed E-state index contributed by atoms with van der Waals surface area (Å²) < 4.78 is 0.844. The zero-order valence-electron chi connectivity index (χ0n) is 12.0. The van der Waals surface area contributed by atoms with Crippen molar-refractivity contribution < 1.29 is 4.79 Å². The quantitative estimate of drug-likeness (QED) is 0.628. The molecule has 0 heterocycles. The predicted molar refractivity (Wildman–Crippen MR) is 86.8 cm³/mol. The second-order valence-electron chi connectivity index (χ2n) is 5.72. The van der Waals surface area contributed by atoms with Gasteiger partial charge in [0.1, 0.15) is 0 Å². The smallest absolute Gasteiger partial charge is 0.251 e. The molecular formula is C16H23BrN2O. The van der Waals surface area contributed by atoms with Crippen LogP contribution in [0.4, 0.5) is 5.69 Å². The monoisotopic (exact) mass is 338 g/mol. The normalized spacial score (nSPS) is 15.5. The Labute approximate surface area is 129 Å². The molecule has 0 unspecified atom stereocenters. The van der Waals surface area contributed by atoms with E-state index in [-0.39, 0.29) is 5.91 Å². The van der Waals surface area contributed by atoms with E-state index >= 15 is 0 Å². The van der Waals surface area contributed by atoms with Crippen LogP contribution in [0.25, 0.3) is 0 Å². The Morgan fingerprint density at radius 3 is 2.80 bits per heavy atom. The van der Waals surface area contributed by atoms with E-state index in [1.165, 1.54) is 32.1 Å². The molecule has 3 N–H and O–H groups in total. The maximum atomic E-state index is 12.2. The minimum Gasteiger partial charge on any atom is -0.398 e. The lowest BCUT2D eigenvalue weighted by atomic mass is 10.0. The highest BCUT2D eigenvalue weighted by atomic mass is 79.9. The third-order valence-corrected chi connectivity index (χ3v) is 4.66. The van der Waals surface area contributed by atoms with Crippen LogP contribution in [0.2, 0.25) is 0 Å². The molecule has 0 aliphatic heterocycles. The zero-order chi connectivity index (χ0) is 14.5. The Hall–Kier alpha value is -1.03. The number of hydrogen-bond acceptors (Lipinski definition) is 2. The van der Waals surface area contributed by atoms with Gasteiger partial charge in [0.25, 0.3) is 5.91 Å². The molecule has 0 radical (unpaired) electrons. The van der Waals surface area contributed by atoms with Crippen LogP contribution in [-0.4, -0.2) is 12.5 Å². The minimum atomic E-state index is -0.0260. The zero-order valence-corrected chi connectivity index (χ0v) is 13.6. The van der Waals surface area contributed by atoms with Crippen molar-refractivity contribution in [2.24, 2.45) is 5.92 Å². The topological polar surface area (TPSA) is 55.1 Å². The number of carbonyl (C=O) groups excluding carboxylic acids is 1. The molecule has 3 nitrogen and oxygen atoms in total.